The Bertz CT molecular complexity index is 376. The molecule has 0 atom stereocenters. The molecule has 20 heavy (non-hydrogen) atoms. The second-order valence-corrected chi connectivity index (χ2v) is 6.31. The maximum atomic E-state index is 11.9. The van der Waals surface area contributed by atoms with Crippen molar-refractivity contribution in [3.63, 3.8) is 0 Å². The highest BCUT2D eigenvalue weighted by atomic mass is 16.6. The van der Waals surface area contributed by atoms with Crippen LogP contribution in [0.3, 0.4) is 0 Å². The molecule has 0 bridgehead atoms. The van der Waals surface area contributed by atoms with Crippen LogP contribution in [0.15, 0.2) is 12.2 Å². The topological polar surface area (TPSA) is 55.8 Å². The molecule has 1 aliphatic heterocycles. The summed E-state index contributed by atoms with van der Waals surface area (Å²) in [6, 6.07) is 0. The monoisotopic (exact) mass is 283 g/mol. The van der Waals surface area contributed by atoms with Gasteiger partial charge in [0.1, 0.15) is 12.2 Å². The Balaban J connectivity index is 2.38. The van der Waals surface area contributed by atoms with Gasteiger partial charge in [0.05, 0.1) is 5.92 Å². The summed E-state index contributed by atoms with van der Waals surface area (Å²) >= 11 is 0. The van der Waals surface area contributed by atoms with Crippen LogP contribution in [0.1, 0.15) is 40.5 Å². The van der Waals surface area contributed by atoms with Gasteiger partial charge >= 0.3 is 12.1 Å². The zero-order valence-electron chi connectivity index (χ0n) is 12.9. The Morgan fingerprint density at radius 2 is 1.80 bits per heavy atom. The predicted molar refractivity (Wildman–Crippen MR) is 76.3 cm³/mol. The minimum Gasteiger partial charge on any atom is -0.461 e. The Kier molecular flexibility index (Phi) is 5.60. The maximum absolute atomic E-state index is 11.9. The van der Waals surface area contributed by atoms with E-state index < -0.39 is 5.60 Å². The molecule has 0 aromatic heterocycles. The number of carbonyl (C=O) groups is 2. The smallest absolute Gasteiger partial charge is 0.410 e. The van der Waals surface area contributed by atoms with Gasteiger partial charge in [-0.3, -0.25) is 4.79 Å². The van der Waals surface area contributed by atoms with E-state index in [0.717, 1.165) is 5.57 Å². The first-order valence-corrected chi connectivity index (χ1v) is 6.98. The Hall–Kier alpha value is -1.52. The van der Waals surface area contributed by atoms with Gasteiger partial charge < -0.3 is 14.4 Å². The molecule has 1 heterocycles. The van der Waals surface area contributed by atoms with Gasteiger partial charge in [0, 0.05) is 13.1 Å². The lowest BCUT2D eigenvalue weighted by molar-refractivity contribution is -0.149. The van der Waals surface area contributed by atoms with Gasteiger partial charge in [-0.1, -0.05) is 6.58 Å². The summed E-state index contributed by atoms with van der Waals surface area (Å²) in [6.45, 7) is 12.4. The third-order valence-corrected chi connectivity index (χ3v) is 2.94. The van der Waals surface area contributed by atoms with E-state index in [4.69, 9.17) is 9.47 Å². The number of amides is 1. The molecular formula is C15H25NO4. The molecule has 0 aromatic rings. The van der Waals surface area contributed by atoms with E-state index in [0.29, 0.717) is 25.9 Å². The lowest BCUT2D eigenvalue weighted by Crippen LogP contribution is -2.43. The van der Waals surface area contributed by atoms with Crippen LogP contribution in [0.5, 0.6) is 0 Å². The summed E-state index contributed by atoms with van der Waals surface area (Å²) in [7, 11) is 0. The minimum absolute atomic E-state index is 0.131. The molecule has 1 fully saturated rings. The van der Waals surface area contributed by atoms with Gasteiger partial charge in [-0.05, 0) is 46.1 Å². The van der Waals surface area contributed by atoms with E-state index >= 15 is 0 Å². The van der Waals surface area contributed by atoms with Gasteiger partial charge in [-0.15, -0.1) is 0 Å². The van der Waals surface area contributed by atoms with E-state index in [9.17, 15) is 9.59 Å². The number of hydrogen-bond donors (Lipinski definition) is 0. The van der Waals surface area contributed by atoms with Crippen LogP contribution >= 0.6 is 0 Å². The van der Waals surface area contributed by atoms with Crippen LogP contribution in [0.2, 0.25) is 0 Å². The number of esters is 1. The molecule has 114 valence electrons. The number of piperidine rings is 1. The molecule has 1 aliphatic rings. The summed E-state index contributed by atoms with van der Waals surface area (Å²) in [6.07, 6.45) is 0.925. The standard InChI is InChI=1S/C15H25NO4/c1-11(2)10-19-13(17)12-6-8-16(9-7-12)14(18)20-15(3,4)5/h12H,1,6-10H2,2-5H3. The van der Waals surface area contributed by atoms with Gasteiger partial charge in [0.2, 0.25) is 0 Å². The van der Waals surface area contributed by atoms with Crippen molar-refractivity contribution >= 4 is 12.1 Å². The minimum atomic E-state index is -0.492. The van der Waals surface area contributed by atoms with Crippen LogP contribution < -0.4 is 0 Å². The van der Waals surface area contributed by atoms with Crippen LogP contribution in [-0.2, 0) is 14.3 Å². The molecule has 1 saturated heterocycles. The van der Waals surface area contributed by atoms with Crippen molar-refractivity contribution in [3.05, 3.63) is 12.2 Å². The number of rotatable bonds is 3. The van der Waals surface area contributed by atoms with E-state index in [1.165, 1.54) is 0 Å². The molecule has 1 rings (SSSR count). The summed E-state index contributed by atoms with van der Waals surface area (Å²) in [5, 5.41) is 0. The highest BCUT2D eigenvalue weighted by molar-refractivity contribution is 5.73. The van der Waals surface area contributed by atoms with E-state index in [1.807, 2.05) is 27.7 Å². The molecule has 5 nitrogen and oxygen atoms in total. The van der Waals surface area contributed by atoms with Crippen LogP contribution in [0, 0.1) is 5.92 Å². The number of likely N-dealkylation sites (tertiary alicyclic amines) is 1. The Morgan fingerprint density at radius 1 is 1.25 bits per heavy atom. The third kappa shape index (κ3) is 5.63. The molecule has 0 aliphatic carbocycles. The average molecular weight is 283 g/mol. The number of nitrogens with zero attached hydrogens (tertiary/aromatic N) is 1. The van der Waals surface area contributed by atoms with Crippen molar-refractivity contribution < 1.29 is 19.1 Å². The maximum Gasteiger partial charge on any atom is 0.410 e. The fourth-order valence-electron chi connectivity index (χ4n) is 1.94. The molecule has 0 spiro atoms. The van der Waals surface area contributed by atoms with Gasteiger partial charge in [0.25, 0.3) is 0 Å². The average Bonchev–Trinajstić information content (AvgIpc) is 2.34. The number of carbonyl (C=O) groups excluding carboxylic acids is 2. The zero-order chi connectivity index (χ0) is 15.3. The lowest BCUT2D eigenvalue weighted by Gasteiger charge is -2.32. The molecule has 5 heteroatoms. The molecule has 0 aromatic carbocycles. The fraction of sp³-hybridized carbons (Fsp3) is 0.733. The van der Waals surface area contributed by atoms with E-state index in [2.05, 4.69) is 6.58 Å². The largest absolute Gasteiger partial charge is 0.461 e. The van der Waals surface area contributed by atoms with Gasteiger partial charge in [0.15, 0.2) is 0 Å². The molecule has 0 unspecified atom stereocenters. The third-order valence-electron chi connectivity index (χ3n) is 2.94. The number of ether oxygens (including phenoxy) is 2. The summed E-state index contributed by atoms with van der Waals surface area (Å²) < 4.78 is 10.5. The van der Waals surface area contributed by atoms with Gasteiger partial charge in [-0.2, -0.15) is 0 Å². The predicted octanol–water partition coefficient (Wildman–Crippen LogP) is 2.75. The zero-order valence-corrected chi connectivity index (χ0v) is 12.9. The summed E-state index contributed by atoms with van der Waals surface area (Å²) in [4.78, 5) is 25.3. The first kappa shape index (κ1) is 16.5. The molecule has 0 radical (unpaired) electrons. The second-order valence-electron chi connectivity index (χ2n) is 6.31. The van der Waals surface area contributed by atoms with Crippen molar-refractivity contribution in [2.24, 2.45) is 5.92 Å². The van der Waals surface area contributed by atoms with E-state index in [1.54, 1.807) is 4.90 Å². The Morgan fingerprint density at radius 3 is 2.25 bits per heavy atom. The van der Waals surface area contributed by atoms with Crippen LogP contribution in [0.25, 0.3) is 0 Å². The molecule has 0 N–H and O–H groups in total. The van der Waals surface area contributed by atoms with Crippen LogP contribution in [-0.4, -0.2) is 42.3 Å². The first-order valence-electron chi connectivity index (χ1n) is 6.98. The molecule has 0 saturated carbocycles. The van der Waals surface area contributed by atoms with Gasteiger partial charge in [-0.25, -0.2) is 4.79 Å². The quantitative estimate of drug-likeness (QED) is 0.590. The highest BCUT2D eigenvalue weighted by Gasteiger charge is 2.30. The highest BCUT2D eigenvalue weighted by Crippen LogP contribution is 2.21. The van der Waals surface area contributed by atoms with E-state index in [-0.39, 0.29) is 24.6 Å². The van der Waals surface area contributed by atoms with Crippen LogP contribution in [0.4, 0.5) is 4.79 Å². The summed E-state index contributed by atoms with van der Waals surface area (Å²) in [5.74, 6) is -0.329. The van der Waals surface area contributed by atoms with Crippen molar-refractivity contribution in [3.8, 4) is 0 Å². The normalized spacial score (nSPS) is 16.7. The first-order chi connectivity index (χ1) is 9.19. The molecule has 1 amide bonds. The van der Waals surface area contributed by atoms with Crippen molar-refractivity contribution in [2.75, 3.05) is 19.7 Å². The number of hydrogen-bond acceptors (Lipinski definition) is 4. The van der Waals surface area contributed by atoms with Crippen molar-refractivity contribution in [1.29, 1.82) is 0 Å². The fourth-order valence-corrected chi connectivity index (χ4v) is 1.94. The summed E-state index contributed by atoms with van der Waals surface area (Å²) in [5.41, 5.74) is 0.332. The van der Waals surface area contributed by atoms with Crippen molar-refractivity contribution in [2.45, 2.75) is 46.1 Å². The lowest BCUT2D eigenvalue weighted by atomic mass is 9.97. The van der Waals surface area contributed by atoms with Crippen molar-refractivity contribution in [1.82, 2.24) is 4.90 Å². The Labute approximate surface area is 120 Å². The molecular weight excluding hydrogens is 258 g/mol. The second kappa shape index (κ2) is 6.77. The SMILES string of the molecule is C=C(C)COC(=O)C1CCN(C(=O)OC(C)(C)C)CC1.